The van der Waals surface area contributed by atoms with E-state index in [1.165, 1.54) is 25.0 Å². The first-order chi connectivity index (χ1) is 8.56. The molecule has 1 aliphatic rings. The van der Waals surface area contributed by atoms with Crippen LogP contribution in [0.5, 0.6) is 0 Å². The normalized spacial score (nSPS) is 16.1. The molecule has 1 N–H and O–H groups in total. The van der Waals surface area contributed by atoms with E-state index >= 15 is 0 Å². The van der Waals surface area contributed by atoms with Crippen molar-refractivity contribution >= 4 is 11.6 Å². The molecule has 0 saturated heterocycles. The first kappa shape index (κ1) is 12.5. The standard InChI is InChI=1S/C13H16N2O3/c1-9(11-4-5-11)14-13(16)8-10-2-6-12(7-3-10)15(17)18/h2-3,6-7,9,11H,4-5,8H2,1H3,(H,14,16). The summed E-state index contributed by atoms with van der Waals surface area (Å²) in [4.78, 5) is 21.8. The van der Waals surface area contributed by atoms with Crippen LogP contribution in [0.3, 0.4) is 0 Å². The van der Waals surface area contributed by atoms with E-state index in [1.54, 1.807) is 12.1 Å². The van der Waals surface area contributed by atoms with Crippen LogP contribution in [-0.4, -0.2) is 16.9 Å². The minimum Gasteiger partial charge on any atom is -0.353 e. The highest BCUT2D eigenvalue weighted by Gasteiger charge is 2.28. The molecular weight excluding hydrogens is 232 g/mol. The van der Waals surface area contributed by atoms with Crippen LogP contribution >= 0.6 is 0 Å². The maximum atomic E-state index is 11.7. The molecule has 0 aromatic heterocycles. The summed E-state index contributed by atoms with van der Waals surface area (Å²) in [5.74, 6) is 0.606. The van der Waals surface area contributed by atoms with Crippen LogP contribution in [-0.2, 0) is 11.2 Å². The third-order valence-electron chi connectivity index (χ3n) is 3.23. The smallest absolute Gasteiger partial charge is 0.269 e. The average Bonchev–Trinajstić information content (AvgIpc) is 3.13. The van der Waals surface area contributed by atoms with E-state index in [4.69, 9.17) is 0 Å². The molecule has 2 rings (SSSR count). The largest absolute Gasteiger partial charge is 0.353 e. The van der Waals surface area contributed by atoms with E-state index in [9.17, 15) is 14.9 Å². The topological polar surface area (TPSA) is 72.2 Å². The van der Waals surface area contributed by atoms with E-state index in [2.05, 4.69) is 5.32 Å². The lowest BCUT2D eigenvalue weighted by Gasteiger charge is -2.12. The Hall–Kier alpha value is -1.91. The summed E-state index contributed by atoms with van der Waals surface area (Å²) in [6.45, 7) is 2.02. The number of carbonyl (C=O) groups excluding carboxylic acids is 1. The minimum absolute atomic E-state index is 0.0248. The maximum absolute atomic E-state index is 11.7. The summed E-state index contributed by atoms with van der Waals surface area (Å²) in [6, 6.07) is 6.33. The van der Waals surface area contributed by atoms with Crippen molar-refractivity contribution < 1.29 is 9.72 Å². The van der Waals surface area contributed by atoms with Gasteiger partial charge in [0.15, 0.2) is 0 Å². The Bertz CT molecular complexity index is 452. The van der Waals surface area contributed by atoms with Gasteiger partial charge < -0.3 is 5.32 Å². The van der Waals surface area contributed by atoms with Crippen molar-refractivity contribution in [2.45, 2.75) is 32.2 Å². The van der Waals surface area contributed by atoms with Gasteiger partial charge >= 0.3 is 0 Å². The average molecular weight is 248 g/mol. The number of amides is 1. The number of hydrogen-bond donors (Lipinski definition) is 1. The zero-order chi connectivity index (χ0) is 13.1. The Morgan fingerprint density at radius 1 is 1.44 bits per heavy atom. The van der Waals surface area contributed by atoms with Gasteiger partial charge in [0.2, 0.25) is 5.91 Å². The number of rotatable bonds is 5. The third kappa shape index (κ3) is 3.29. The summed E-state index contributed by atoms with van der Waals surface area (Å²) in [5.41, 5.74) is 0.839. The number of carbonyl (C=O) groups is 1. The molecule has 1 aliphatic carbocycles. The lowest BCUT2D eigenvalue weighted by atomic mass is 10.1. The molecule has 1 fully saturated rings. The number of nitro benzene ring substituents is 1. The van der Waals surface area contributed by atoms with Crippen molar-refractivity contribution in [3.05, 3.63) is 39.9 Å². The van der Waals surface area contributed by atoms with Gasteiger partial charge in [-0.25, -0.2) is 0 Å². The Morgan fingerprint density at radius 3 is 2.56 bits per heavy atom. The second kappa shape index (κ2) is 5.16. The Balaban J connectivity index is 1.88. The van der Waals surface area contributed by atoms with Crippen LogP contribution in [0, 0.1) is 16.0 Å². The monoisotopic (exact) mass is 248 g/mol. The Labute approximate surface area is 105 Å². The fourth-order valence-corrected chi connectivity index (χ4v) is 1.94. The number of benzene rings is 1. The van der Waals surface area contributed by atoms with Crippen LogP contribution in [0.25, 0.3) is 0 Å². The molecule has 96 valence electrons. The quantitative estimate of drug-likeness (QED) is 0.640. The van der Waals surface area contributed by atoms with Crippen LogP contribution < -0.4 is 5.32 Å². The van der Waals surface area contributed by atoms with Gasteiger partial charge in [0.25, 0.3) is 5.69 Å². The highest BCUT2D eigenvalue weighted by molar-refractivity contribution is 5.78. The highest BCUT2D eigenvalue weighted by atomic mass is 16.6. The van der Waals surface area contributed by atoms with Crippen LogP contribution in [0.15, 0.2) is 24.3 Å². The van der Waals surface area contributed by atoms with Crippen LogP contribution in [0.2, 0.25) is 0 Å². The van der Waals surface area contributed by atoms with Gasteiger partial charge in [0, 0.05) is 18.2 Å². The summed E-state index contributed by atoms with van der Waals surface area (Å²) < 4.78 is 0. The van der Waals surface area contributed by atoms with Gasteiger partial charge in [0.1, 0.15) is 0 Å². The van der Waals surface area contributed by atoms with Gasteiger partial charge in [0.05, 0.1) is 11.3 Å². The van der Waals surface area contributed by atoms with Crippen LogP contribution in [0.1, 0.15) is 25.3 Å². The third-order valence-corrected chi connectivity index (χ3v) is 3.23. The minimum atomic E-state index is -0.445. The Kier molecular flexibility index (Phi) is 3.60. The van der Waals surface area contributed by atoms with Gasteiger partial charge in [-0.05, 0) is 31.2 Å². The zero-order valence-corrected chi connectivity index (χ0v) is 10.3. The van der Waals surface area contributed by atoms with Gasteiger partial charge in [-0.3, -0.25) is 14.9 Å². The fourth-order valence-electron chi connectivity index (χ4n) is 1.94. The summed E-state index contributed by atoms with van der Waals surface area (Å²) in [7, 11) is 0. The van der Waals surface area contributed by atoms with Crippen molar-refractivity contribution in [3.8, 4) is 0 Å². The molecule has 5 nitrogen and oxygen atoms in total. The van der Waals surface area contributed by atoms with Gasteiger partial charge in [-0.15, -0.1) is 0 Å². The molecule has 0 spiro atoms. The molecule has 0 bridgehead atoms. The number of nitrogens with zero attached hydrogens (tertiary/aromatic N) is 1. The molecular formula is C13H16N2O3. The molecule has 5 heteroatoms. The second-order valence-corrected chi connectivity index (χ2v) is 4.79. The molecule has 0 radical (unpaired) electrons. The van der Waals surface area contributed by atoms with Crippen molar-refractivity contribution in [1.29, 1.82) is 0 Å². The SMILES string of the molecule is CC(NC(=O)Cc1ccc([N+](=O)[O-])cc1)C1CC1. The predicted molar refractivity (Wildman–Crippen MR) is 67.1 cm³/mol. The van der Waals surface area contributed by atoms with Gasteiger partial charge in [-0.2, -0.15) is 0 Å². The lowest BCUT2D eigenvalue weighted by molar-refractivity contribution is -0.384. The van der Waals surface area contributed by atoms with E-state index in [0.29, 0.717) is 5.92 Å². The van der Waals surface area contributed by atoms with E-state index in [-0.39, 0.29) is 24.1 Å². The van der Waals surface area contributed by atoms with Crippen LogP contribution in [0.4, 0.5) is 5.69 Å². The van der Waals surface area contributed by atoms with Crippen molar-refractivity contribution in [1.82, 2.24) is 5.32 Å². The highest BCUT2D eigenvalue weighted by Crippen LogP contribution is 2.32. The zero-order valence-electron chi connectivity index (χ0n) is 10.3. The molecule has 1 atom stereocenters. The molecule has 1 aromatic carbocycles. The Morgan fingerprint density at radius 2 is 2.06 bits per heavy atom. The molecule has 1 amide bonds. The first-order valence-corrected chi connectivity index (χ1v) is 6.09. The summed E-state index contributed by atoms with van der Waals surface area (Å²) in [5, 5.41) is 13.4. The lowest BCUT2D eigenvalue weighted by Crippen LogP contribution is -2.35. The number of non-ortho nitro benzene ring substituents is 1. The van der Waals surface area contributed by atoms with E-state index < -0.39 is 4.92 Å². The van der Waals surface area contributed by atoms with Crippen molar-refractivity contribution in [3.63, 3.8) is 0 Å². The molecule has 0 aliphatic heterocycles. The van der Waals surface area contributed by atoms with E-state index in [1.807, 2.05) is 6.92 Å². The fraction of sp³-hybridized carbons (Fsp3) is 0.462. The molecule has 1 unspecified atom stereocenters. The van der Waals surface area contributed by atoms with Gasteiger partial charge in [-0.1, -0.05) is 12.1 Å². The number of nitrogens with one attached hydrogen (secondary N) is 1. The molecule has 1 saturated carbocycles. The first-order valence-electron chi connectivity index (χ1n) is 6.09. The molecule has 1 aromatic rings. The maximum Gasteiger partial charge on any atom is 0.269 e. The molecule has 0 heterocycles. The molecule has 18 heavy (non-hydrogen) atoms. The number of hydrogen-bond acceptors (Lipinski definition) is 3. The van der Waals surface area contributed by atoms with Crippen molar-refractivity contribution in [2.75, 3.05) is 0 Å². The van der Waals surface area contributed by atoms with E-state index in [0.717, 1.165) is 5.56 Å². The number of nitro groups is 1. The predicted octanol–water partition coefficient (Wildman–Crippen LogP) is 2.05. The summed E-state index contributed by atoms with van der Waals surface area (Å²) >= 11 is 0. The van der Waals surface area contributed by atoms with Crippen molar-refractivity contribution in [2.24, 2.45) is 5.92 Å². The summed E-state index contributed by atoms with van der Waals surface area (Å²) in [6.07, 6.45) is 2.66. The second-order valence-electron chi connectivity index (χ2n) is 4.79.